The molecule has 1 saturated heterocycles. The van der Waals surface area contributed by atoms with Crippen LogP contribution in [-0.4, -0.2) is 44.2 Å². The summed E-state index contributed by atoms with van der Waals surface area (Å²) in [4.78, 5) is 14.9. The molecular formula is C23H29NO4S. The van der Waals surface area contributed by atoms with Gasteiger partial charge in [0.2, 0.25) is 0 Å². The second kappa shape index (κ2) is 9.55. The molecule has 2 aromatic rings. The van der Waals surface area contributed by atoms with E-state index in [0.29, 0.717) is 37.8 Å². The van der Waals surface area contributed by atoms with Gasteiger partial charge in [-0.1, -0.05) is 36.4 Å². The number of amides is 1. The van der Waals surface area contributed by atoms with Crippen molar-refractivity contribution in [3.8, 4) is 0 Å². The Hall–Kier alpha value is -2.18. The first-order valence-corrected chi connectivity index (χ1v) is 11.7. The number of hydrogen-bond donors (Lipinski definition) is 0. The molecule has 1 aliphatic heterocycles. The van der Waals surface area contributed by atoms with Gasteiger partial charge in [-0.3, -0.25) is 4.79 Å². The van der Waals surface area contributed by atoms with Crippen LogP contribution in [0.5, 0.6) is 0 Å². The minimum Gasteiger partial charge on any atom is -0.376 e. The summed E-state index contributed by atoms with van der Waals surface area (Å²) in [6, 6.07) is 16.5. The number of carbonyl (C=O) groups excluding carboxylic acids is 1. The SMILES string of the molecule is CC(C)S(=O)(=O)c1cccc(C(=O)N2CCC(COCc3ccccc3)CC2)c1. The fraction of sp³-hybridized carbons (Fsp3) is 0.435. The van der Waals surface area contributed by atoms with Crippen LogP contribution in [-0.2, 0) is 21.2 Å². The molecule has 0 radical (unpaired) electrons. The monoisotopic (exact) mass is 415 g/mol. The van der Waals surface area contributed by atoms with Crippen molar-refractivity contribution in [3.63, 3.8) is 0 Å². The van der Waals surface area contributed by atoms with E-state index in [9.17, 15) is 13.2 Å². The largest absolute Gasteiger partial charge is 0.376 e. The van der Waals surface area contributed by atoms with E-state index in [-0.39, 0.29) is 10.8 Å². The van der Waals surface area contributed by atoms with E-state index < -0.39 is 15.1 Å². The molecule has 0 unspecified atom stereocenters. The molecule has 3 rings (SSSR count). The summed E-state index contributed by atoms with van der Waals surface area (Å²) in [7, 11) is -3.39. The normalized spacial score (nSPS) is 15.6. The fourth-order valence-electron chi connectivity index (χ4n) is 3.48. The molecule has 0 aliphatic carbocycles. The Kier molecular flexibility index (Phi) is 7.09. The number of nitrogens with zero attached hydrogens (tertiary/aromatic N) is 1. The number of carbonyl (C=O) groups is 1. The first-order valence-electron chi connectivity index (χ1n) is 10.1. The van der Waals surface area contributed by atoms with Crippen molar-refractivity contribution in [1.82, 2.24) is 4.90 Å². The Balaban J connectivity index is 1.52. The van der Waals surface area contributed by atoms with Crippen molar-refractivity contribution in [2.24, 2.45) is 5.92 Å². The maximum Gasteiger partial charge on any atom is 0.253 e. The molecule has 2 aromatic carbocycles. The summed E-state index contributed by atoms with van der Waals surface area (Å²) in [6.45, 7) is 5.93. The fourth-order valence-corrected chi connectivity index (χ4v) is 4.59. The third kappa shape index (κ3) is 5.46. The molecule has 0 aromatic heterocycles. The molecule has 1 fully saturated rings. The molecule has 1 aliphatic rings. The number of hydrogen-bond acceptors (Lipinski definition) is 4. The second-order valence-electron chi connectivity index (χ2n) is 7.86. The Bertz CT molecular complexity index is 917. The topological polar surface area (TPSA) is 63.7 Å². The van der Waals surface area contributed by atoms with Crippen molar-refractivity contribution in [2.45, 2.75) is 43.4 Å². The van der Waals surface area contributed by atoms with Gasteiger partial charge in [0.05, 0.1) is 16.8 Å². The lowest BCUT2D eigenvalue weighted by Crippen LogP contribution is -2.39. The summed E-state index contributed by atoms with van der Waals surface area (Å²) in [5.41, 5.74) is 1.60. The standard InChI is InChI=1S/C23H29NO4S/c1-18(2)29(26,27)22-10-6-9-21(15-22)23(25)24-13-11-20(12-14-24)17-28-16-19-7-4-3-5-8-19/h3-10,15,18,20H,11-14,16-17H2,1-2H3. The number of sulfone groups is 1. The molecule has 1 heterocycles. The van der Waals surface area contributed by atoms with Crippen LogP contribution in [0.4, 0.5) is 0 Å². The number of benzene rings is 2. The zero-order chi connectivity index (χ0) is 20.9. The summed E-state index contributed by atoms with van der Waals surface area (Å²) in [5, 5.41) is -0.514. The zero-order valence-corrected chi connectivity index (χ0v) is 17.9. The van der Waals surface area contributed by atoms with Gasteiger partial charge in [-0.15, -0.1) is 0 Å². The summed E-state index contributed by atoms with van der Waals surface area (Å²) < 4.78 is 30.6. The van der Waals surface area contributed by atoms with Gasteiger partial charge >= 0.3 is 0 Å². The average Bonchev–Trinajstić information content (AvgIpc) is 2.74. The molecule has 0 bridgehead atoms. The van der Waals surface area contributed by atoms with E-state index in [1.165, 1.54) is 6.07 Å². The smallest absolute Gasteiger partial charge is 0.253 e. The molecular weight excluding hydrogens is 386 g/mol. The van der Waals surface area contributed by atoms with E-state index in [2.05, 4.69) is 12.1 Å². The highest BCUT2D eigenvalue weighted by Crippen LogP contribution is 2.22. The van der Waals surface area contributed by atoms with Gasteiger partial charge in [0.15, 0.2) is 9.84 Å². The second-order valence-corrected chi connectivity index (χ2v) is 10.4. The molecule has 0 spiro atoms. The summed E-state index contributed by atoms with van der Waals surface area (Å²) in [5.74, 6) is 0.338. The molecule has 1 amide bonds. The number of ether oxygens (including phenoxy) is 1. The highest BCUT2D eigenvalue weighted by molar-refractivity contribution is 7.92. The minimum atomic E-state index is -3.39. The van der Waals surface area contributed by atoms with Crippen molar-refractivity contribution in [3.05, 3.63) is 65.7 Å². The number of rotatable bonds is 7. The van der Waals surface area contributed by atoms with Crippen molar-refractivity contribution < 1.29 is 17.9 Å². The van der Waals surface area contributed by atoms with Gasteiger partial charge in [-0.05, 0) is 56.4 Å². The van der Waals surface area contributed by atoms with E-state index >= 15 is 0 Å². The van der Waals surface area contributed by atoms with Crippen LogP contribution in [0.1, 0.15) is 42.6 Å². The number of piperidine rings is 1. The molecule has 0 saturated carbocycles. The van der Waals surface area contributed by atoms with E-state index in [1.807, 2.05) is 23.1 Å². The van der Waals surface area contributed by atoms with E-state index in [4.69, 9.17) is 4.74 Å². The summed E-state index contributed by atoms with van der Waals surface area (Å²) >= 11 is 0. The van der Waals surface area contributed by atoms with Crippen LogP contribution < -0.4 is 0 Å². The quantitative estimate of drug-likeness (QED) is 0.687. The van der Waals surface area contributed by atoms with Gasteiger partial charge in [-0.2, -0.15) is 0 Å². The predicted octanol–water partition coefficient (Wildman–Crippen LogP) is 3.94. The van der Waals surface area contributed by atoms with Crippen LogP contribution in [0.3, 0.4) is 0 Å². The van der Waals surface area contributed by atoms with Crippen LogP contribution in [0, 0.1) is 5.92 Å². The molecule has 5 nitrogen and oxygen atoms in total. The lowest BCUT2D eigenvalue weighted by Gasteiger charge is -2.32. The highest BCUT2D eigenvalue weighted by Gasteiger charge is 2.25. The molecule has 29 heavy (non-hydrogen) atoms. The van der Waals surface area contributed by atoms with Crippen LogP contribution in [0.25, 0.3) is 0 Å². The lowest BCUT2D eigenvalue weighted by molar-refractivity contribution is 0.0478. The van der Waals surface area contributed by atoms with Crippen LogP contribution in [0.2, 0.25) is 0 Å². The Morgan fingerprint density at radius 2 is 1.76 bits per heavy atom. The van der Waals surface area contributed by atoms with Crippen LogP contribution >= 0.6 is 0 Å². The maximum atomic E-state index is 12.9. The Labute approximate surface area is 173 Å². The van der Waals surface area contributed by atoms with E-state index in [0.717, 1.165) is 18.4 Å². The minimum absolute atomic E-state index is 0.102. The first-order chi connectivity index (χ1) is 13.9. The third-order valence-electron chi connectivity index (χ3n) is 5.40. The average molecular weight is 416 g/mol. The zero-order valence-electron chi connectivity index (χ0n) is 17.1. The van der Waals surface area contributed by atoms with Gasteiger partial charge in [0, 0.05) is 25.3 Å². The summed E-state index contributed by atoms with van der Waals surface area (Å²) in [6.07, 6.45) is 1.79. The molecule has 156 valence electrons. The highest BCUT2D eigenvalue weighted by atomic mass is 32.2. The third-order valence-corrected chi connectivity index (χ3v) is 7.55. The van der Waals surface area contributed by atoms with Gasteiger partial charge < -0.3 is 9.64 Å². The van der Waals surface area contributed by atoms with Gasteiger partial charge in [0.1, 0.15) is 0 Å². The molecule has 6 heteroatoms. The molecule has 0 N–H and O–H groups in total. The van der Waals surface area contributed by atoms with Crippen molar-refractivity contribution in [2.75, 3.05) is 19.7 Å². The van der Waals surface area contributed by atoms with Gasteiger partial charge in [-0.25, -0.2) is 8.42 Å². The number of likely N-dealkylation sites (tertiary alicyclic amines) is 1. The van der Waals surface area contributed by atoms with Crippen molar-refractivity contribution in [1.29, 1.82) is 0 Å². The molecule has 0 atom stereocenters. The lowest BCUT2D eigenvalue weighted by atomic mass is 9.97. The van der Waals surface area contributed by atoms with Crippen molar-refractivity contribution >= 4 is 15.7 Å². The van der Waals surface area contributed by atoms with Crippen LogP contribution in [0.15, 0.2) is 59.5 Å². The Morgan fingerprint density at radius 1 is 1.07 bits per heavy atom. The predicted molar refractivity (Wildman–Crippen MR) is 113 cm³/mol. The van der Waals surface area contributed by atoms with E-state index in [1.54, 1.807) is 32.0 Å². The first kappa shape index (κ1) is 21.5. The van der Waals surface area contributed by atoms with Gasteiger partial charge in [0.25, 0.3) is 5.91 Å². The Morgan fingerprint density at radius 3 is 2.41 bits per heavy atom. The maximum absolute atomic E-state index is 12.9.